The summed E-state index contributed by atoms with van der Waals surface area (Å²) < 4.78 is 27.4. The molecular weight excluding hydrogens is 519 g/mol. The fraction of sp³-hybridized carbons (Fsp3) is 0.231. The lowest BCUT2D eigenvalue weighted by Crippen LogP contribution is -2.12. The second kappa shape index (κ2) is 12.1. The number of aryl methyl sites for hydroxylation is 1. The Kier molecular flexibility index (Phi) is 8.62. The van der Waals surface area contributed by atoms with Crippen LogP contribution in [0.1, 0.15) is 29.1 Å². The van der Waals surface area contributed by atoms with Crippen molar-refractivity contribution < 1.29 is 18.8 Å². The zero-order valence-corrected chi connectivity index (χ0v) is 21.7. The molecule has 0 aliphatic carbocycles. The van der Waals surface area contributed by atoms with Crippen LogP contribution in [0.4, 0.5) is 4.39 Å². The van der Waals surface area contributed by atoms with Gasteiger partial charge in [-0.15, -0.1) is 10.2 Å². The second-order valence-corrected chi connectivity index (χ2v) is 9.59. The number of rotatable bonds is 11. The lowest BCUT2D eigenvalue weighted by Gasteiger charge is -2.17. The highest BCUT2D eigenvalue weighted by atomic mass is 35.5. The molecule has 4 rings (SSSR count). The Morgan fingerprint density at radius 2 is 1.84 bits per heavy atom. The number of benzene rings is 3. The van der Waals surface area contributed by atoms with Crippen molar-refractivity contribution in [1.29, 1.82) is 0 Å². The molecule has 0 saturated carbocycles. The van der Waals surface area contributed by atoms with Gasteiger partial charge in [0.2, 0.25) is 6.54 Å². The van der Waals surface area contributed by atoms with Gasteiger partial charge in [-0.05, 0) is 61.9 Å². The van der Waals surface area contributed by atoms with Crippen LogP contribution in [0.25, 0.3) is 5.69 Å². The van der Waals surface area contributed by atoms with Gasteiger partial charge < -0.3 is 9.47 Å². The highest BCUT2D eigenvalue weighted by Crippen LogP contribution is 2.40. The zero-order valence-electron chi connectivity index (χ0n) is 20.1. The van der Waals surface area contributed by atoms with E-state index in [1.165, 1.54) is 17.8 Å². The first kappa shape index (κ1) is 26.4. The van der Waals surface area contributed by atoms with Crippen LogP contribution >= 0.6 is 23.4 Å². The molecule has 0 aliphatic heterocycles. The molecule has 0 saturated heterocycles. The maximum absolute atomic E-state index is 14.0. The first-order chi connectivity index (χ1) is 17.9. The van der Waals surface area contributed by atoms with Gasteiger partial charge in [-0.3, -0.25) is 14.7 Å². The minimum atomic E-state index is -0.593. The van der Waals surface area contributed by atoms with Crippen LogP contribution in [-0.2, 0) is 6.61 Å². The third-order valence-corrected chi connectivity index (χ3v) is 6.86. The second-order valence-electron chi connectivity index (χ2n) is 7.98. The Bertz CT molecular complexity index is 1380. The molecule has 0 amide bonds. The van der Waals surface area contributed by atoms with Crippen LogP contribution in [0.2, 0.25) is 5.02 Å². The van der Waals surface area contributed by atoms with Crippen molar-refractivity contribution in [3.8, 4) is 17.2 Å². The number of nitrogens with zero attached hydrogens (tertiary/aromatic N) is 4. The number of ether oxygens (including phenoxy) is 2. The van der Waals surface area contributed by atoms with Crippen LogP contribution in [0.15, 0.2) is 71.9 Å². The molecule has 0 spiro atoms. The van der Waals surface area contributed by atoms with Gasteiger partial charge in [0.05, 0.1) is 6.61 Å². The average Bonchev–Trinajstić information content (AvgIpc) is 3.24. The van der Waals surface area contributed by atoms with Gasteiger partial charge in [0.15, 0.2) is 16.7 Å². The first-order valence-corrected chi connectivity index (χ1v) is 12.7. The number of nitro groups is 1. The van der Waals surface area contributed by atoms with Gasteiger partial charge in [-0.1, -0.05) is 47.6 Å². The topological polar surface area (TPSA) is 92.3 Å². The molecule has 1 aromatic heterocycles. The number of aromatic nitrogens is 3. The normalized spacial score (nSPS) is 11.8. The average molecular weight is 543 g/mol. The molecule has 0 bridgehead atoms. The molecule has 0 aliphatic rings. The van der Waals surface area contributed by atoms with E-state index in [4.69, 9.17) is 21.1 Å². The van der Waals surface area contributed by atoms with E-state index in [1.54, 1.807) is 48.5 Å². The quantitative estimate of drug-likeness (QED) is 0.122. The van der Waals surface area contributed by atoms with Gasteiger partial charge in [-0.2, -0.15) is 0 Å². The molecule has 192 valence electrons. The van der Waals surface area contributed by atoms with Gasteiger partial charge in [-0.25, -0.2) is 4.39 Å². The van der Waals surface area contributed by atoms with Crippen LogP contribution in [-0.4, -0.2) is 32.8 Å². The summed E-state index contributed by atoms with van der Waals surface area (Å²) in [4.78, 5) is 11.2. The van der Waals surface area contributed by atoms with Crippen molar-refractivity contribution in [3.63, 3.8) is 0 Å². The summed E-state index contributed by atoms with van der Waals surface area (Å²) >= 11 is 7.26. The number of thioether (sulfide) groups is 1. The Morgan fingerprint density at radius 1 is 1.08 bits per heavy atom. The molecule has 11 heteroatoms. The highest BCUT2D eigenvalue weighted by Gasteiger charge is 2.25. The van der Waals surface area contributed by atoms with E-state index >= 15 is 0 Å². The summed E-state index contributed by atoms with van der Waals surface area (Å²) in [5.74, 6) is 1.11. The van der Waals surface area contributed by atoms with E-state index in [0.717, 1.165) is 5.69 Å². The van der Waals surface area contributed by atoms with E-state index in [0.29, 0.717) is 45.2 Å². The lowest BCUT2D eigenvalue weighted by molar-refractivity contribution is -0.479. The van der Waals surface area contributed by atoms with E-state index in [1.807, 2.05) is 30.5 Å². The van der Waals surface area contributed by atoms with Crippen molar-refractivity contribution in [2.75, 3.05) is 13.2 Å². The summed E-state index contributed by atoms with van der Waals surface area (Å²) in [5.41, 5.74) is 1.86. The van der Waals surface area contributed by atoms with Crippen molar-refractivity contribution in [2.45, 2.75) is 30.9 Å². The smallest absolute Gasteiger partial charge is 0.220 e. The Hall–Kier alpha value is -3.63. The predicted molar refractivity (Wildman–Crippen MR) is 140 cm³/mol. The maximum Gasteiger partial charge on any atom is 0.220 e. The summed E-state index contributed by atoms with van der Waals surface area (Å²) in [6.07, 6.45) is 0. The largest absolute Gasteiger partial charge is 0.490 e. The fourth-order valence-corrected chi connectivity index (χ4v) is 4.95. The number of halogens is 2. The minimum Gasteiger partial charge on any atom is -0.490 e. The van der Waals surface area contributed by atoms with Crippen LogP contribution in [0.3, 0.4) is 0 Å². The van der Waals surface area contributed by atoms with Crippen molar-refractivity contribution in [1.82, 2.24) is 14.8 Å². The van der Waals surface area contributed by atoms with Gasteiger partial charge in [0, 0.05) is 21.2 Å². The van der Waals surface area contributed by atoms with Crippen molar-refractivity contribution in [2.24, 2.45) is 0 Å². The third kappa shape index (κ3) is 6.58. The Labute approximate surface area is 222 Å². The molecule has 0 fully saturated rings. The highest BCUT2D eigenvalue weighted by molar-refractivity contribution is 7.99. The standard InChI is InChI=1S/C26H24ClFN4O4S/c1-3-35-24-14-18(8-13-23(24)36-16-19-6-4-5-7-22(19)28)25(15-31(33)34)37-26-30-29-17(2)32(26)21-11-9-20(27)10-12-21/h4-14,25H,3,15-16H2,1-2H3/t25-/m0/s1. The minimum absolute atomic E-state index is 0.0165. The summed E-state index contributed by atoms with van der Waals surface area (Å²) in [6.45, 7) is 3.66. The molecule has 1 atom stereocenters. The predicted octanol–water partition coefficient (Wildman–Crippen LogP) is 6.46. The summed E-state index contributed by atoms with van der Waals surface area (Å²) in [6, 6.07) is 18.7. The van der Waals surface area contributed by atoms with Gasteiger partial charge in [0.1, 0.15) is 23.5 Å². The summed E-state index contributed by atoms with van der Waals surface area (Å²) in [7, 11) is 0. The number of hydrogen-bond acceptors (Lipinski definition) is 7. The maximum atomic E-state index is 14.0. The molecule has 0 radical (unpaired) electrons. The van der Waals surface area contributed by atoms with E-state index in [2.05, 4.69) is 10.2 Å². The fourth-order valence-electron chi connectivity index (χ4n) is 3.66. The molecule has 0 N–H and O–H groups in total. The third-order valence-electron chi connectivity index (χ3n) is 5.42. The first-order valence-electron chi connectivity index (χ1n) is 11.4. The Morgan fingerprint density at radius 3 is 2.54 bits per heavy atom. The molecule has 4 aromatic rings. The molecular formula is C26H24ClFN4O4S. The van der Waals surface area contributed by atoms with E-state index in [9.17, 15) is 14.5 Å². The molecule has 1 heterocycles. The van der Waals surface area contributed by atoms with Gasteiger partial charge in [0.25, 0.3) is 0 Å². The van der Waals surface area contributed by atoms with Crippen LogP contribution in [0, 0.1) is 22.9 Å². The summed E-state index contributed by atoms with van der Waals surface area (Å²) in [5, 5.41) is 20.5. The monoisotopic (exact) mass is 542 g/mol. The molecule has 37 heavy (non-hydrogen) atoms. The van der Waals surface area contributed by atoms with E-state index in [-0.39, 0.29) is 23.9 Å². The van der Waals surface area contributed by atoms with Crippen LogP contribution in [0.5, 0.6) is 11.5 Å². The SMILES string of the molecule is CCOc1cc([C@H](C[N+](=O)[O-])Sc2nnc(C)n2-c2ccc(Cl)cc2)ccc1OCc1ccccc1F. The number of hydrogen-bond donors (Lipinski definition) is 0. The van der Waals surface area contributed by atoms with E-state index < -0.39 is 5.25 Å². The molecule has 8 nitrogen and oxygen atoms in total. The van der Waals surface area contributed by atoms with Crippen molar-refractivity contribution >= 4 is 23.4 Å². The lowest BCUT2D eigenvalue weighted by atomic mass is 10.1. The molecule has 0 unspecified atom stereocenters. The zero-order chi connectivity index (χ0) is 26.4. The molecule has 3 aromatic carbocycles. The van der Waals surface area contributed by atoms with Crippen molar-refractivity contribution in [3.05, 3.63) is 105 Å². The van der Waals surface area contributed by atoms with Gasteiger partial charge >= 0.3 is 0 Å². The Balaban J connectivity index is 1.63. The van der Waals surface area contributed by atoms with Crippen LogP contribution < -0.4 is 9.47 Å².